The summed E-state index contributed by atoms with van der Waals surface area (Å²) in [5.74, 6) is 0. The van der Waals surface area contributed by atoms with Gasteiger partial charge >= 0.3 is 0 Å². The van der Waals surface area contributed by atoms with E-state index >= 15 is 0 Å². The van der Waals surface area contributed by atoms with Gasteiger partial charge in [0.15, 0.2) is 25.0 Å². The summed E-state index contributed by atoms with van der Waals surface area (Å²) in [6, 6.07) is 4.18. The van der Waals surface area contributed by atoms with Gasteiger partial charge in [0.05, 0.1) is 25.5 Å². The summed E-state index contributed by atoms with van der Waals surface area (Å²) in [6.07, 6.45) is 1.78. The first-order chi connectivity index (χ1) is 16.0. The third-order valence-electron chi connectivity index (χ3n) is 8.68. The van der Waals surface area contributed by atoms with E-state index in [-0.39, 0.29) is 15.1 Å². The van der Waals surface area contributed by atoms with Gasteiger partial charge in [-0.05, 0) is 72.1 Å². The summed E-state index contributed by atoms with van der Waals surface area (Å²) in [6.45, 7) is 34.9. The zero-order valence-corrected chi connectivity index (χ0v) is 28.9. The molecule has 0 saturated heterocycles. The van der Waals surface area contributed by atoms with E-state index in [2.05, 4.69) is 119 Å². The van der Waals surface area contributed by atoms with E-state index in [0.717, 1.165) is 16.7 Å². The Morgan fingerprint density at radius 2 is 0.944 bits per heavy atom. The molecule has 0 fully saturated rings. The van der Waals surface area contributed by atoms with Gasteiger partial charge in [0, 0.05) is 11.1 Å². The molecule has 1 rings (SSSR count). The zero-order chi connectivity index (χ0) is 28.4. The van der Waals surface area contributed by atoms with Gasteiger partial charge < -0.3 is 13.3 Å². The van der Waals surface area contributed by atoms with E-state index in [1.807, 2.05) is 0 Å². The smallest absolute Gasteiger partial charge is 0.240 e. The Morgan fingerprint density at radius 1 is 0.639 bits per heavy atom. The average Bonchev–Trinajstić information content (AvgIpc) is 2.68. The zero-order valence-electron chi connectivity index (χ0n) is 25.9. The minimum atomic E-state index is -2.00. The Hall–Kier alpha value is -0.869. The molecule has 0 bridgehead atoms. The first-order valence-electron chi connectivity index (χ1n) is 13.1. The number of isocyanates is 1. The van der Waals surface area contributed by atoms with Crippen molar-refractivity contribution in [2.75, 3.05) is 0 Å². The highest BCUT2D eigenvalue weighted by molar-refractivity contribution is 6.74. The maximum absolute atomic E-state index is 11.5. The van der Waals surface area contributed by atoms with Crippen LogP contribution in [0.1, 0.15) is 79.0 Å². The lowest BCUT2D eigenvalue weighted by molar-refractivity contribution is 0.266. The van der Waals surface area contributed by atoms with Crippen molar-refractivity contribution in [3.63, 3.8) is 0 Å². The summed E-state index contributed by atoms with van der Waals surface area (Å²) in [5, 5.41) is 0.286. The van der Waals surface area contributed by atoms with Gasteiger partial charge in [-0.3, -0.25) is 0 Å². The summed E-state index contributed by atoms with van der Waals surface area (Å²) in [5.41, 5.74) is 3.48. The molecule has 8 heteroatoms. The predicted molar refractivity (Wildman–Crippen MR) is 160 cm³/mol. The topological polar surface area (TPSA) is 57.1 Å². The average molecular weight is 552 g/mol. The van der Waals surface area contributed by atoms with Gasteiger partial charge in [0.25, 0.3) is 0 Å². The molecule has 0 spiro atoms. The first-order valence-corrected chi connectivity index (χ1v) is 21.8. The molecule has 0 unspecified atom stereocenters. The second-order valence-electron chi connectivity index (χ2n) is 14.6. The minimum absolute atomic E-state index is 0.0818. The fraction of sp³-hybridized carbons (Fsp3) is 0.750. The van der Waals surface area contributed by atoms with E-state index in [4.69, 9.17) is 13.3 Å². The molecule has 36 heavy (non-hydrogen) atoms. The van der Waals surface area contributed by atoms with Crippen LogP contribution in [0.4, 0.5) is 5.69 Å². The molecule has 0 aliphatic rings. The van der Waals surface area contributed by atoms with Crippen molar-refractivity contribution in [1.82, 2.24) is 0 Å². The summed E-state index contributed by atoms with van der Waals surface area (Å²) in [4.78, 5) is 15.6. The van der Waals surface area contributed by atoms with E-state index in [9.17, 15) is 4.79 Å². The Bertz CT molecular complexity index is 894. The minimum Gasteiger partial charge on any atom is -0.413 e. The number of hydrogen-bond acceptors (Lipinski definition) is 5. The lowest BCUT2D eigenvalue weighted by Gasteiger charge is -2.37. The molecule has 0 saturated carbocycles. The first kappa shape index (κ1) is 33.2. The van der Waals surface area contributed by atoms with Crippen LogP contribution in [-0.2, 0) is 37.9 Å². The van der Waals surface area contributed by atoms with E-state index in [0.29, 0.717) is 25.5 Å². The third-order valence-corrected chi connectivity index (χ3v) is 22.1. The van der Waals surface area contributed by atoms with Crippen molar-refractivity contribution < 1.29 is 18.1 Å². The molecule has 0 aliphatic heterocycles. The van der Waals surface area contributed by atoms with Crippen molar-refractivity contribution in [1.29, 1.82) is 0 Å². The largest absolute Gasteiger partial charge is 0.413 e. The molecule has 0 aromatic heterocycles. The molecule has 206 valence electrons. The molecule has 1 aromatic rings. The molecule has 1 aromatic carbocycles. The number of hydrogen-bond donors (Lipinski definition) is 0. The van der Waals surface area contributed by atoms with Crippen molar-refractivity contribution in [3.8, 4) is 0 Å². The van der Waals surface area contributed by atoms with Gasteiger partial charge in [-0.15, -0.1) is 0 Å². The molecular formula is C28H53NO4Si3. The highest BCUT2D eigenvalue weighted by Crippen LogP contribution is 2.41. The van der Waals surface area contributed by atoms with Crippen LogP contribution in [-0.4, -0.2) is 31.0 Å². The van der Waals surface area contributed by atoms with Crippen molar-refractivity contribution in [2.24, 2.45) is 4.99 Å². The van der Waals surface area contributed by atoms with Crippen molar-refractivity contribution in [3.05, 3.63) is 28.8 Å². The van der Waals surface area contributed by atoms with Gasteiger partial charge in [0.2, 0.25) is 6.08 Å². The highest BCUT2D eigenvalue weighted by atomic mass is 28.4. The third kappa shape index (κ3) is 8.58. The molecule has 0 aliphatic carbocycles. The maximum atomic E-state index is 11.5. The Morgan fingerprint density at radius 3 is 1.22 bits per heavy atom. The Kier molecular flexibility index (Phi) is 10.6. The van der Waals surface area contributed by atoms with Crippen LogP contribution >= 0.6 is 0 Å². The van der Waals surface area contributed by atoms with Crippen LogP contribution in [0.5, 0.6) is 0 Å². The van der Waals surface area contributed by atoms with Crippen LogP contribution in [0, 0.1) is 0 Å². The second kappa shape index (κ2) is 11.5. The van der Waals surface area contributed by atoms with E-state index in [1.54, 1.807) is 6.08 Å². The molecule has 0 heterocycles. The highest BCUT2D eigenvalue weighted by Gasteiger charge is 2.39. The second-order valence-corrected chi connectivity index (χ2v) is 29.0. The lowest BCUT2D eigenvalue weighted by Crippen LogP contribution is -2.41. The van der Waals surface area contributed by atoms with E-state index in [1.165, 1.54) is 0 Å². The maximum Gasteiger partial charge on any atom is 0.240 e. The van der Waals surface area contributed by atoms with E-state index < -0.39 is 25.0 Å². The molecule has 0 atom stereocenters. The van der Waals surface area contributed by atoms with Gasteiger partial charge in [-0.2, -0.15) is 4.99 Å². The lowest BCUT2D eigenvalue weighted by atomic mass is 10.0. The molecule has 0 N–H and O–H groups in total. The normalized spacial score (nSPS) is 14.1. The fourth-order valence-corrected chi connectivity index (χ4v) is 5.61. The van der Waals surface area contributed by atoms with Crippen LogP contribution in [0.2, 0.25) is 54.4 Å². The molecule has 0 radical (unpaired) electrons. The van der Waals surface area contributed by atoms with Gasteiger partial charge in [0.1, 0.15) is 0 Å². The number of aliphatic imine (C=N–C) groups is 1. The number of benzene rings is 1. The summed E-state index contributed by atoms with van der Waals surface area (Å²) < 4.78 is 19.7. The quantitative estimate of drug-likeness (QED) is 0.165. The number of carbonyl (C=O) groups excluding carboxylic acids is 1. The van der Waals surface area contributed by atoms with Gasteiger partial charge in [-0.1, -0.05) is 62.3 Å². The SMILES string of the molecule is CC(C)(C)[Si](C)(C)OCc1cc(CO[Si](C)(C)C(C)(C)C)c(N=C=O)c(CO[Si](C)(C)C(C)(C)C)c1. The van der Waals surface area contributed by atoms with Crippen LogP contribution < -0.4 is 0 Å². The Labute approximate surface area is 224 Å². The van der Waals surface area contributed by atoms with Crippen molar-refractivity contribution >= 4 is 36.7 Å². The summed E-state index contributed by atoms with van der Waals surface area (Å²) in [7, 11) is -5.94. The van der Waals surface area contributed by atoms with Crippen LogP contribution in [0.25, 0.3) is 0 Å². The number of rotatable bonds is 10. The Balaban J connectivity index is 3.51. The van der Waals surface area contributed by atoms with Crippen molar-refractivity contribution in [2.45, 2.75) is 137 Å². The molecule has 5 nitrogen and oxygen atoms in total. The monoisotopic (exact) mass is 551 g/mol. The molecular weight excluding hydrogens is 499 g/mol. The van der Waals surface area contributed by atoms with Crippen LogP contribution in [0.3, 0.4) is 0 Å². The standard InChI is InChI=1S/C28H53NO4Si3/c1-26(2,3)34(10,11)31-18-22-16-23(19-32-35(12,13)27(4,5)6)25(29-21-30)24(17-22)20-33-36(14,15)28(7,8)9/h16-17H,18-20H2,1-15H3. The van der Waals surface area contributed by atoms with Gasteiger partial charge in [-0.25, -0.2) is 4.79 Å². The van der Waals surface area contributed by atoms with Crippen LogP contribution in [0.15, 0.2) is 17.1 Å². The predicted octanol–water partition coefficient (Wildman–Crippen LogP) is 9.22. The number of nitrogens with zero attached hydrogens (tertiary/aromatic N) is 1. The molecule has 0 amide bonds. The summed E-state index contributed by atoms with van der Waals surface area (Å²) >= 11 is 0. The fourth-order valence-electron chi connectivity index (χ4n) is 2.75.